The van der Waals surface area contributed by atoms with Crippen molar-refractivity contribution in [1.82, 2.24) is 15.1 Å². The Hall–Kier alpha value is -0.120. The van der Waals surface area contributed by atoms with E-state index in [1.165, 1.54) is 52.0 Å². The number of piperazine rings is 1. The van der Waals surface area contributed by atoms with Crippen LogP contribution in [-0.4, -0.2) is 61.7 Å². The van der Waals surface area contributed by atoms with Gasteiger partial charge in [-0.05, 0) is 39.4 Å². The van der Waals surface area contributed by atoms with Crippen molar-refractivity contribution in [2.24, 2.45) is 0 Å². The summed E-state index contributed by atoms with van der Waals surface area (Å²) < 4.78 is 0. The van der Waals surface area contributed by atoms with Gasteiger partial charge in [-0.15, -0.1) is 0 Å². The van der Waals surface area contributed by atoms with E-state index in [1.807, 2.05) is 0 Å². The van der Waals surface area contributed by atoms with Crippen molar-refractivity contribution < 1.29 is 0 Å². The highest BCUT2D eigenvalue weighted by atomic mass is 15.3. The predicted octanol–water partition coefficient (Wildman–Crippen LogP) is 0.764. The average molecular weight is 211 g/mol. The maximum absolute atomic E-state index is 3.51. The quantitative estimate of drug-likeness (QED) is 0.728. The highest BCUT2D eigenvalue weighted by molar-refractivity contribution is 4.87. The second kappa shape index (κ2) is 5.28. The van der Waals surface area contributed by atoms with Crippen LogP contribution in [0.4, 0.5) is 0 Å². The number of hydrogen-bond donors (Lipinski definition) is 1. The molecule has 15 heavy (non-hydrogen) atoms. The third-order valence-electron chi connectivity index (χ3n) is 4.02. The van der Waals surface area contributed by atoms with Crippen molar-refractivity contribution in [1.29, 1.82) is 0 Å². The zero-order valence-corrected chi connectivity index (χ0v) is 10.2. The van der Waals surface area contributed by atoms with E-state index in [4.69, 9.17) is 0 Å². The summed E-state index contributed by atoms with van der Waals surface area (Å²) in [5.41, 5.74) is 0. The van der Waals surface area contributed by atoms with Crippen molar-refractivity contribution in [2.75, 3.05) is 39.8 Å². The summed E-state index contributed by atoms with van der Waals surface area (Å²) in [6.45, 7) is 8.52. The van der Waals surface area contributed by atoms with Crippen LogP contribution < -0.4 is 5.32 Å². The third-order valence-corrected chi connectivity index (χ3v) is 4.02. The molecule has 2 aliphatic rings. The van der Waals surface area contributed by atoms with Crippen molar-refractivity contribution in [3.8, 4) is 0 Å². The van der Waals surface area contributed by atoms with Gasteiger partial charge in [-0.1, -0.05) is 6.92 Å². The smallest absolute Gasteiger partial charge is 0.0221 e. The summed E-state index contributed by atoms with van der Waals surface area (Å²) in [6, 6.07) is 1.64. The van der Waals surface area contributed by atoms with E-state index in [2.05, 4.69) is 29.1 Å². The van der Waals surface area contributed by atoms with E-state index in [0.717, 1.165) is 12.1 Å². The van der Waals surface area contributed by atoms with Crippen LogP contribution in [0.25, 0.3) is 0 Å². The molecule has 0 amide bonds. The van der Waals surface area contributed by atoms with Gasteiger partial charge >= 0.3 is 0 Å². The molecule has 3 heteroatoms. The van der Waals surface area contributed by atoms with Crippen molar-refractivity contribution in [3.63, 3.8) is 0 Å². The molecule has 0 spiro atoms. The molecule has 1 atom stereocenters. The zero-order chi connectivity index (χ0) is 10.7. The van der Waals surface area contributed by atoms with Crippen molar-refractivity contribution >= 4 is 0 Å². The van der Waals surface area contributed by atoms with E-state index in [9.17, 15) is 0 Å². The minimum atomic E-state index is 0.784. The lowest BCUT2D eigenvalue weighted by molar-refractivity contribution is 0.0625. The SMILES string of the molecule is CCC1CNCCN1C1CCN(C)CC1. The Morgan fingerprint density at radius 1 is 1.20 bits per heavy atom. The molecule has 2 heterocycles. The second-order valence-corrected chi connectivity index (χ2v) is 5.04. The first-order valence-electron chi connectivity index (χ1n) is 6.46. The Labute approximate surface area is 93.8 Å². The minimum Gasteiger partial charge on any atom is -0.314 e. The molecular formula is C12H25N3. The number of rotatable bonds is 2. The van der Waals surface area contributed by atoms with Gasteiger partial charge in [0.25, 0.3) is 0 Å². The Kier molecular flexibility index (Phi) is 4.00. The van der Waals surface area contributed by atoms with Crippen LogP contribution in [-0.2, 0) is 0 Å². The number of nitrogens with zero attached hydrogens (tertiary/aromatic N) is 2. The summed E-state index contributed by atoms with van der Waals surface area (Å²) in [6.07, 6.45) is 4.03. The highest BCUT2D eigenvalue weighted by Crippen LogP contribution is 2.20. The lowest BCUT2D eigenvalue weighted by Crippen LogP contribution is -2.56. The first-order chi connectivity index (χ1) is 7.31. The van der Waals surface area contributed by atoms with Crippen LogP contribution in [0.15, 0.2) is 0 Å². The molecule has 0 aromatic heterocycles. The van der Waals surface area contributed by atoms with Gasteiger partial charge in [-0.25, -0.2) is 0 Å². The zero-order valence-electron chi connectivity index (χ0n) is 10.2. The van der Waals surface area contributed by atoms with Gasteiger partial charge in [0.2, 0.25) is 0 Å². The van der Waals surface area contributed by atoms with Crippen LogP contribution in [0.3, 0.4) is 0 Å². The third kappa shape index (κ3) is 2.71. The fourth-order valence-electron chi connectivity index (χ4n) is 2.96. The van der Waals surface area contributed by atoms with Gasteiger partial charge in [0.1, 0.15) is 0 Å². The van der Waals surface area contributed by atoms with E-state index < -0.39 is 0 Å². The first kappa shape index (κ1) is 11.4. The summed E-state index contributed by atoms with van der Waals surface area (Å²) in [5.74, 6) is 0. The Morgan fingerprint density at radius 2 is 1.93 bits per heavy atom. The molecule has 1 N–H and O–H groups in total. The standard InChI is InChI=1S/C12H25N3/c1-3-11-10-13-6-9-15(11)12-4-7-14(2)8-5-12/h11-13H,3-10H2,1-2H3. The fraction of sp³-hybridized carbons (Fsp3) is 1.00. The van der Waals surface area contributed by atoms with Gasteiger partial charge in [-0.2, -0.15) is 0 Å². The molecular weight excluding hydrogens is 186 g/mol. The Balaban J connectivity index is 1.90. The first-order valence-corrected chi connectivity index (χ1v) is 6.46. The van der Waals surface area contributed by atoms with E-state index in [0.29, 0.717) is 0 Å². The molecule has 0 aliphatic carbocycles. The summed E-state index contributed by atoms with van der Waals surface area (Å²) >= 11 is 0. The van der Waals surface area contributed by atoms with E-state index >= 15 is 0 Å². The normalized spacial score (nSPS) is 32.0. The maximum Gasteiger partial charge on any atom is 0.0221 e. The Morgan fingerprint density at radius 3 is 2.60 bits per heavy atom. The van der Waals surface area contributed by atoms with Crippen molar-refractivity contribution in [2.45, 2.75) is 38.3 Å². The van der Waals surface area contributed by atoms with Crippen LogP contribution >= 0.6 is 0 Å². The molecule has 0 bridgehead atoms. The number of hydrogen-bond acceptors (Lipinski definition) is 3. The molecule has 2 fully saturated rings. The molecule has 0 aromatic rings. The number of piperidine rings is 1. The van der Waals surface area contributed by atoms with Crippen molar-refractivity contribution in [3.05, 3.63) is 0 Å². The summed E-state index contributed by atoms with van der Waals surface area (Å²) in [4.78, 5) is 5.23. The second-order valence-electron chi connectivity index (χ2n) is 5.04. The maximum atomic E-state index is 3.51. The van der Waals surface area contributed by atoms with Gasteiger partial charge < -0.3 is 10.2 Å². The molecule has 0 saturated carbocycles. The Bertz CT molecular complexity index is 187. The summed E-state index contributed by atoms with van der Waals surface area (Å²) in [5, 5.41) is 3.51. The molecule has 0 radical (unpaired) electrons. The summed E-state index contributed by atoms with van der Waals surface area (Å²) in [7, 11) is 2.24. The van der Waals surface area contributed by atoms with Crippen LogP contribution in [0, 0.1) is 0 Å². The van der Waals surface area contributed by atoms with E-state index in [1.54, 1.807) is 0 Å². The molecule has 88 valence electrons. The largest absolute Gasteiger partial charge is 0.314 e. The predicted molar refractivity (Wildman–Crippen MR) is 64.2 cm³/mol. The van der Waals surface area contributed by atoms with Gasteiger partial charge in [0.15, 0.2) is 0 Å². The van der Waals surface area contributed by atoms with Crippen LogP contribution in [0.2, 0.25) is 0 Å². The van der Waals surface area contributed by atoms with Gasteiger partial charge in [0, 0.05) is 31.7 Å². The average Bonchev–Trinajstić information content (AvgIpc) is 2.30. The highest BCUT2D eigenvalue weighted by Gasteiger charge is 2.29. The number of nitrogens with one attached hydrogen (secondary N) is 1. The molecule has 3 nitrogen and oxygen atoms in total. The minimum absolute atomic E-state index is 0.784. The van der Waals surface area contributed by atoms with Crippen LogP contribution in [0.1, 0.15) is 26.2 Å². The van der Waals surface area contributed by atoms with Crippen LogP contribution in [0.5, 0.6) is 0 Å². The van der Waals surface area contributed by atoms with Gasteiger partial charge in [-0.3, -0.25) is 4.90 Å². The topological polar surface area (TPSA) is 18.5 Å². The lowest BCUT2D eigenvalue weighted by atomic mass is 9.99. The van der Waals surface area contributed by atoms with Gasteiger partial charge in [0.05, 0.1) is 0 Å². The lowest BCUT2D eigenvalue weighted by Gasteiger charge is -2.44. The molecule has 2 saturated heterocycles. The molecule has 1 unspecified atom stereocenters. The molecule has 2 aliphatic heterocycles. The monoisotopic (exact) mass is 211 g/mol. The molecule has 2 rings (SSSR count). The number of likely N-dealkylation sites (tertiary alicyclic amines) is 1. The van der Waals surface area contributed by atoms with E-state index in [-0.39, 0.29) is 0 Å². The fourth-order valence-corrected chi connectivity index (χ4v) is 2.96. The molecule has 0 aromatic carbocycles.